The Balaban J connectivity index is 0.000000145. The number of hydrogen-bond acceptors (Lipinski definition) is 7. The summed E-state index contributed by atoms with van der Waals surface area (Å²) in [5.74, 6) is -0.0145. The zero-order chi connectivity index (χ0) is 28.1. The van der Waals surface area contributed by atoms with Crippen molar-refractivity contribution in [2.75, 3.05) is 13.1 Å². The first-order valence-corrected chi connectivity index (χ1v) is 14.1. The van der Waals surface area contributed by atoms with Crippen LogP contribution in [0, 0.1) is 23.6 Å². The molecular weight excluding hydrogens is 509 g/mol. The molecule has 0 radical (unpaired) electrons. The molecule has 6 heterocycles. The number of fused-ring (bicyclic) bond motifs is 2. The van der Waals surface area contributed by atoms with E-state index in [1.165, 1.54) is 12.3 Å². The van der Waals surface area contributed by atoms with Gasteiger partial charge in [0, 0.05) is 48.9 Å². The number of amides is 2. The van der Waals surface area contributed by atoms with Crippen molar-refractivity contribution in [3.05, 3.63) is 78.2 Å². The Hall–Kier alpha value is -3.82. The summed E-state index contributed by atoms with van der Waals surface area (Å²) in [5.41, 5.74) is 1.97. The molecule has 10 heteroatoms. The number of hydrazine groups is 2. The van der Waals surface area contributed by atoms with Crippen LogP contribution in [-0.4, -0.2) is 59.9 Å². The van der Waals surface area contributed by atoms with E-state index in [0.717, 1.165) is 68.6 Å². The summed E-state index contributed by atoms with van der Waals surface area (Å²) in [6.07, 6.45) is 20.2. The van der Waals surface area contributed by atoms with E-state index in [-0.39, 0.29) is 40.5 Å². The molecule has 2 amide bonds. The Bertz CT molecular complexity index is 1350. The van der Waals surface area contributed by atoms with Crippen LogP contribution in [0.3, 0.4) is 0 Å². The second kappa shape index (κ2) is 9.98. The lowest BCUT2D eigenvalue weighted by Crippen LogP contribution is -2.45. The van der Waals surface area contributed by atoms with Crippen molar-refractivity contribution in [1.82, 2.24) is 35.0 Å². The van der Waals surface area contributed by atoms with Gasteiger partial charge in [-0.3, -0.25) is 34.6 Å². The molecule has 0 N–H and O–H groups in total. The molecule has 2 unspecified atom stereocenters. The van der Waals surface area contributed by atoms with Crippen molar-refractivity contribution in [2.24, 2.45) is 10.8 Å². The molecule has 7 rings (SSSR count). The maximum absolute atomic E-state index is 13.4. The molecule has 1 saturated carbocycles. The molecule has 2 saturated heterocycles. The van der Waals surface area contributed by atoms with E-state index in [2.05, 4.69) is 15.0 Å². The smallest absolute Gasteiger partial charge is 0.248 e. The van der Waals surface area contributed by atoms with E-state index in [0.29, 0.717) is 0 Å². The number of pyridine rings is 1. The summed E-state index contributed by atoms with van der Waals surface area (Å²) < 4.78 is 13.4. The van der Waals surface area contributed by atoms with Gasteiger partial charge in [-0.1, -0.05) is 13.8 Å². The van der Waals surface area contributed by atoms with Gasteiger partial charge in [0.15, 0.2) is 0 Å². The van der Waals surface area contributed by atoms with Gasteiger partial charge in [-0.25, -0.2) is 14.4 Å². The number of hydrogen-bond donors (Lipinski definition) is 0. The largest absolute Gasteiger partial charge is 0.290 e. The highest BCUT2D eigenvalue weighted by molar-refractivity contribution is 5.86. The van der Waals surface area contributed by atoms with Gasteiger partial charge in [0.1, 0.15) is 11.9 Å². The van der Waals surface area contributed by atoms with Crippen LogP contribution in [0.25, 0.3) is 0 Å². The normalized spacial score (nSPS) is 25.8. The van der Waals surface area contributed by atoms with Crippen LogP contribution in [0.5, 0.6) is 0 Å². The molecule has 9 nitrogen and oxygen atoms in total. The summed E-state index contributed by atoms with van der Waals surface area (Å²) in [6, 6.07) is 1.11. The minimum Gasteiger partial charge on any atom is -0.290 e. The molecule has 3 fully saturated rings. The Kier molecular flexibility index (Phi) is 6.59. The van der Waals surface area contributed by atoms with E-state index >= 15 is 0 Å². The van der Waals surface area contributed by atoms with E-state index in [1.807, 2.05) is 60.3 Å². The molecule has 2 aromatic rings. The van der Waals surface area contributed by atoms with Gasteiger partial charge < -0.3 is 0 Å². The summed E-state index contributed by atoms with van der Waals surface area (Å²) in [6.45, 7) is 7.68. The lowest BCUT2D eigenvalue weighted by atomic mass is 9.86. The number of nitrogens with zero attached hydrogens (tertiary/aromatic N) is 7. The quantitative estimate of drug-likeness (QED) is 0.544. The Morgan fingerprint density at radius 3 is 2.15 bits per heavy atom. The third-order valence-corrected chi connectivity index (χ3v) is 8.67. The van der Waals surface area contributed by atoms with Crippen LogP contribution in [-0.2, 0) is 9.59 Å². The molecule has 2 atom stereocenters. The van der Waals surface area contributed by atoms with Crippen molar-refractivity contribution in [3.63, 3.8) is 0 Å². The first-order valence-electron chi connectivity index (χ1n) is 14.1. The van der Waals surface area contributed by atoms with Crippen LogP contribution < -0.4 is 0 Å². The number of aryl methyl sites for hydroxylation is 1. The first-order chi connectivity index (χ1) is 19.2. The minimum absolute atomic E-state index is 0.132. The van der Waals surface area contributed by atoms with Gasteiger partial charge in [0.2, 0.25) is 11.8 Å². The van der Waals surface area contributed by atoms with Crippen LogP contribution in [0.4, 0.5) is 4.39 Å². The van der Waals surface area contributed by atoms with Gasteiger partial charge in [0.25, 0.3) is 0 Å². The number of aromatic nitrogens is 3. The van der Waals surface area contributed by atoms with Crippen molar-refractivity contribution < 1.29 is 14.0 Å². The standard InChI is InChI=1S/C15H16FN3O.C15H20N4O/c16-12-8-11(9-17-10-12)13-2-7-18-6-1-3-15(4-5-15)14(20)19(13)18;1-11-9-17-12(10-16-11)13-5-8-18-7-4-6-15(2,3)14(20)19(13)18/h2,7-10,13H,1,3-6H2;5,8-10,13H,4,6-7H2,1-3H3. The third kappa shape index (κ3) is 4.73. The van der Waals surface area contributed by atoms with Crippen LogP contribution >= 0.6 is 0 Å². The first kappa shape index (κ1) is 26.4. The number of halogens is 1. The fraction of sp³-hybridized carbons (Fsp3) is 0.500. The molecule has 2 aromatic heterocycles. The second-order valence-electron chi connectivity index (χ2n) is 12.1. The zero-order valence-corrected chi connectivity index (χ0v) is 23.3. The fourth-order valence-corrected chi connectivity index (χ4v) is 6.10. The highest BCUT2D eigenvalue weighted by atomic mass is 19.1. The zero-order valence-electron chi connectivity index (χ0n) is 23.3. The lowest BCUT2D eigenvalue weighted by molar-refractivity contribution is -0.153. The summed E-state index contributed by atoms with van der Waals surface area (Å²) in [7, 11) is 0. The molecule has 0 aromatic carbocycles. The number of carbonyl (C=O) groups is 2. The SMILES string of the molecule is Cc1cnc(C2C=CN3CCCC(C)(C)C(=O)N23)cn1.O=C1N2C(c3cncc(F)c3)C=CN2CCCC12CC2. The van der Waals surface area contributed by atoms with Gasteiger partial charge in [-0.15, -0.1) is 0 Å². The van der Waals surface area contributed by atoms with Crippen molar-refractivity contribution >= 4 is 11.8 Å². The third-order valence-electron chi connectivity index (χ3n) is 8.67. The average molecular weight is 546 g/mol. The predicted octanol–water partition coefficient (Wildman–Crippen LogP) is 4.63. The van der Waals surface area contributed by atoms with Crippen LogP contribution in [0.1, 0.15) is 81.4 Å². The predicted molar refractivity (Wildman–Crippen MR) is 146 cm³/mol. The van der Waals surface area contributed by atoms with Crippen LogP contribution in [0.2, 0.25) is 0 Å². The second-order valence-corrected chi connectivity index (χ2v) is 12.1. The Labute approximate surface area is 234 Å². The molecule has 1 spiro atoms. The maximum Gasteiger partial charge on any atom is 0.248 e. The molecule has 210 valence electrons. The van der Waals surface area contributed by atoms with E-state index in [1.54, 1.807) is 23.6 Å². The molecule has 1 aliphatic carbocycles. The van der Waals surface area contributed by atoms with Gasteiger partial charge >= 0.3 is 0 Å². The molecular formula is C30H36FN7O2. The Morgan fingerprint density at radius 1 is 0.825 bits per heavy atom. The summed E-state index contributed by atoms with van der Waals surface area (Å²) in [4.78, 5) is 38.2. The van der Waals surface area contributed by atoms with Crippen molar-refractivity contribution in [1.29, 1.82) is 0 Å². The average Bonchev–Trinajstić information content (AvgIpc) is 3.49. The highest BCUT2D eigenvalue weighted by Gasteiger charge is 2.55. The minimum atomic E-state index is -0.363. The lowest BCUT2D eigenvalue weighted by Gasteiger charge is -2.35. The van der Waals surface area contributed by atoms with Crippen molar-refractivity contribution in [3.8, 4) is 0 Å². The van der Waals surface area contributed by atoms with Gasteiger partial charge in [0.05, 0.1) is 35.2 Å². The van der Waals surface area contributed by atoms with E-state index in [4.69, 9.17) is 0 Å². The molecule has 0 bridgehead atoms. The highest BCUT2D eigenvalue weighted by Crippen LogP contribution is 2.54. The van der Waals surface area contributed by atoms with E-state index < -0.39 is 0 Å². The maximum atomic E-state index is 13.4. The number of carbonyl (C=O) groups excluding carboxylic acids is 2. The topological polar surface area (TPSA) is 85.8 Å². The summed E-state index contributed by atoms with van der Waals surface area (Å²) >= 11 is 0. The van der Waals surface area contributed by atoms with Gasteiger partial charge in [-0.2, -0.15) is 0 Å². The van der Waals surface area contributed by atoms with Crippen molar-refractivity contribution in [2.45, 2.75) is 71.4 Å². The summed E-state index contributed by atoms with van der Waals surface area (Å²) in [5, 5.41) is 7.64. The molecule has 40 heavy (non-hydrogen) atoms. The van der Waals surface area contributed by atoms with Crippen LogP contribution in [0.15, 0.2) is 55.4 Å². The molecule has 4 aliphatic heterocycles. The Morgan fingerprint density at radius 2 is 1.50 bits per heavy atom. The van der Waals surface area contributed by atoms with Gasteiger partial charge in [-0.05, 0) is 63.7 Å². The fourth-order valence-electron chi connectivity index (χ4n) is 6.10. The monoisotopic (exact) mass is 545 g/mol. The molecule has 5 aliphatic rings. The number of rotatable bonds is 2. The van der Waals surface area contributed by atoms with E-state index in [9.17, 15) is 14.0 Å².